The van der Waals surface area contributed by atoms with Crippen LogP contribution in [0.1, 0.15) is 37.7 Å². The van der Waals surface area contributed by atoms with Gasteiger partial charge in [-0.25, -0.2) is 21.6 Å². The number of hydrogen-bond donors (Lipinski definition) is 0. The Labute approximate surface area is 129 Å². The second-order valence-corrected chi connectivity index (χ2v) is 7.77. The minimum absolute atomic E-state index is 0.162. The van der Waals surface area contributed by atoms with Gasteiger partial charge in [0.25, 0.3) is 10.9 Å². The third kappa shape index (κ3) is 2.69. The van der Waals surface area contributed by atoms with E-state index >= 15 is 4.39 Å². The molecule has 6 heteroatoms. The molecule has 1 aromatic rings. The second-order valence-electron chi connectivity index (χ2n) is 5.54. The standard InChI is InChI=1S/C16H19F3O2S/c1-2-3-12-22(20,21)16(19)14(10-7-11-15(16,17)18)13-8-5-4-6-9-13/h4-10,14H,2-3,11-12H2,1H3. The molecule has 0 spiro atoms. The maximum atomic E-state index is 15.4. The summed E-state index contributed by atoms with van der Waals surface area (Å²) in [5, 5.41) is -3.61. The van der Waals surface area contributed by atoms with Gasteiger partial charge in [-0.05, 0) is 12.0 Å². The molecule has 22 heavy (non-hydrogen) atoms. The van der Waals surface area contributed by atoms with Crippen molar-refractivity contribution < 1.29 is 21.6 Å². The predicted octanol–water partition coefficient (Wildman–Crippen LogP) is 4.25. The van der Waals surface area contributed by atoms with E-state index in [1.165, 1.54) is 18.2 Å². The maximum Gasteiger partial charge on any atom is 0.300 e. The van der Waals surface area contributed by atoms with E-state index in [0.29, 0.717) is 6.42 Å². The van der Waals surface area contributed by atoms with E-state index in [9.17, 15) is 17.2 Å². The summed E-state index contributed by atoms with van der Waals surface area (Å²) in [5.41, 5.74) is 0.237. The Bertz CT molecular complexity index is 641. The normalized spacial score (nSPS) is 27.7. The van der Waals surface area contributed by atoms with Crippen molar-refractivity contribution in [3.63, 3.8) is 0 Å². The highest BCUT2D eigenvalue weighted by Gasteiger charge is 2.67. The molecule has 2 atom stereocenters. The Morgan fingerprint density at radius 1 is 1.18 bits per heavy atom. The van der Waals surface area contributed by atoms with Gasteiger partial charge in [-0.2, -0.15) is 0 Å². The number of alkyl halides is 3. The highest BCUT2D eigenvalue weighted by Crippen LogP contribution is 2.52. The van der Waals surface area contributed by atoms with E-state index in [-0.39, 0.29) is 12.0 Å². The van der Waals surface area contributed by atoms with Crippen LogP contribution in [0.4, 0.5) is 13.2 Å². The molecule has 0 aliphatic heterocycles. The predicted molar refractivity (Wildman–Crippen MR) is 80.4 cm³/mol. The van der Waals surface area contributed by atoms with E-state index in [0.717, 1.165) is 6.08 Å². The molecule has 0 fully saturated rings. The average Bonchev–Trinajstić information content (AvgIpc) is 2.48. The number of allylic oxidation sites excluding steroid dienone is 2. The summed E-state index contributed by atoms with van der Waals surface area (Å²) in [6.07, 6.45) is 2.15. The van der Waals surface area contributed by atoms with Gasteiger partial charge in [-0.1, -0.05) is 55.8 Å². The van der Waals surface area contributed by atoms with Crippen LogP contribution in [-0.2, 0) is 9.84 Å². The lowest BCUT2D eigenvalue weighted by molar-refractivity contribution is -0.102. The summed E-state index contributed by atoms with van der Waals surface area (Å²) in [6.45, 7) is 1.73. The van der Waals surface area contributed by atoms with Crippen molar-refractivity contribution in [1.82, 2.24) is 0 Å². The molecule has 1 aliphatic carbocycles. The number of unbranched alkanes of at least 4 members (excludes halogenated alkanes) is 1. The Kier molecular flexibility index (Phi) is 4.70. The highest BCUT2D eigenvalue weighted by molar-refractivity contribution is 7.92. The lowest BCUT2D eigenvalue weighted by Crippen LogP contribution is -2.56. The first-order chi connectivity index (χ1) is 10.3. The van der Waals surface area contributed by atoms with Gasteiger partial charge in [0.1, 0.15) is 0 Å². The zero-order chi connectivity index (χ0) is 16.4. The van der Waals surface area contributed by atoms with Crippen molar-refractivity contribution in [2.24, 2.45) is 0 Å². The molecular formula is C16H19F3O2S. The summed E-state index contributed by atoms with van der Waals surface area (Å²) < 4.78 is 68.8. The van der Waals surface area contributed by atoms with Gasteiger partial charge in [0, 0.05) is 6.42 Å². The fourth-order valence-corrected chi connectivity index (χ4v) is 4.84. The van der Waals surface area contributed by atoms with Crippen molar-refractivity contribution in [3.05, 3.63) is 48.0 Å². The summed E-state index contributed by atoms with van der Waals surface area (Å²) >= 11 is 0. The van der Waals surface area contributed by atoms with Crippen molar-refractivity contribution in [3.8, 4) is 0 Å². The molecule has 0 heterocycles. The Morgan fingerprint density at radius 2 is 1.82 bits per heavy atom. The molecule has 2 nitrogen and oxygen atoms in total. The minimum atomic E-state index is -4.62. The number of halogens is 3. The van der Waals surface area contributed by atoms with Gasteiger partial charge in [0.15, 0.2) is 9.84 Å². The molecule has 1 aliphatic rings. The van der Waals surface area contributed by atoms with E-state index in [1.807, 2.05) is 0 Å². The van der Waals surface area contributed by atoms with Crippen molar-refractivity contribution in [2.45, 2.75) is 43.0 Å². The molecule has 0 radical (unpaired) electrons. The fourth-order valence-electron chi connectivity index (χ4n) is 2.73. The van der Waals surface area contributed by atoms with Crippen LogP contribution in [0.5, 0.6) is 0 Å². The van der Waals surface area contributed by atoms with E-state index < -0.39 is 38.9 Å². The molecule has 0 N–H and O–H groups in total. The molecule has 2 unspecified atom stereocenters. The minimum Gasteiger partial charge on any atom is -0.225 e. The Balaban J connectivity index is 2.57. The molecule has 0 saturated carbocycles. The quantitative estimate of drug-likeness (QED) is 0.756. The molecule has 122 valence electrons. The molecular weight excluding hydrogens is 313 g/mol. The Morgan fingerprint density at radius 3 is 2.41 bits per heavy atom. The van der Waals surface area contributed by atoms with E-state index in [1.54, 1.807) is 25.1 Å². The SMILES string of the molecule is CCCCS(=O)(=O)C1(F)C(c2ccccc2)C=CCC1(F)F. The van der Waals surface area contributed by atoms with Crippen molar-refractivity contribution >= 4 is 9.84 Å². The Hall–Kier alpha value is -1.30. The molecule has 1 aromatic carbocycles. The average molecular weight is 332 g/mol. The first-order valence-electron chi connectivity index (χ1n) is 7.27. The lowest BCUT2D eigenvalue weighted by atomic mass is 9.84. The van der Waals surface area contributed by atoms with Gasteiger partial charge in [-0.3, -0.25) is 0 Å². The van der Waals surface area contributed by atoms with Crippen LogP contribution in [0.2, 0.25) is 0 Å². The first-order valence-corrected chi connectivity index (χ1v) is 8.92. The van der Waals surface area contributed by atoms with E-state index in [4.69, 9.17) is 0 Å². The number of sulfone groups is 1. The third-order valence-corrected chi connectivity index (χ3v) is 6.26. The topological polar surface area (TPSA) is 34.1 Å². The smallest absolute Gasteiger partial charge is 0.225 e. The van der Waals surface area contributed by atoms with E-state index in [2.05, 4.69) is 0 Å². The van der Waals surface area contributed by atoms with Crippen LogP contribution in [0.3, 0.4) is 0 Å². The maximum absolute atomic E-state index is 15.4. The summed E-state index contributed by atoms with van der Waals surface area (Å²) in [4.78, 5) is 0. The second kappa shape index (κ2) is 6.07. The van der Waals surface area contributed by atoms with Gasteiger partial charge < -0.3 is 0 Å². The van der Waals surface area contributed by atoms with Crippen LogP contribution < -0.4 is 0 Å². The summed E-state index contributed by atoms with van der Waals surface area (Å²) in [6, 6.07) is 7.77. The molecule has 0 amide bonds. The van der Waals surface area contributed by atoms with Crippen LogP contribution in [-0.4, -0.2) is 25.1 Å². The molecule has 0 saturated heterocycles. The summed E-state index contributed by atoms with van der Waals surface area (Å²) in [5.74, 6) is -6.03. The summed E-state index contributed by atoms with van der Waals surface area (Å²) in [7, 11) is -4.62. The van der Waals surface area contributed by atoms with Crippen LogP contribution in [0.25, 0.3) is 0 Å². The molecule has 0 aromatic heterocycles. The zero-order valence-corrected chi connectivity index (χ0v) is 13.1. The van der Waals surface area contributed by atoms with Gasteiger partial charge >= 0.3 is 0 Å². The van der Waals surface area contributed by atoms with Gasteiger partial charge in [0.05, 0.1) is 11.7 Å². The van der Waals surface area contributed by atoms with Crippen molar-refractivity contribution in [2.75, 3.05) is 5.75 Å². The monoisotopic (exact) mass is 332 g/mol. The first kappa shape index (κ1) is 17.1. The van der Waals surface area contributed by atoms with Crippen molar-refractivity contribution in [1.29, 1.82) is 0 Å². The van der Waals surface area contributed by atoms with Crippen LogP contribution in [0.15, 0.2) is 42.5 Å². The van der Waals surface area contributed by atoms with Crippen LogP contribution >= 0.6 is 0 Å². The lowest BCUT2D eigenvalue weighted by Gasteiger charge is -2.40. The van der Waals surface area contributed by atoms with Gasteiger partial charge in [0.2, 0.25) is 0 Å². The fraction of sp³-hybridized carbons (Fsp3) is 0.500. The third-order valence-electron chi connectivity index (χ3n) is 3.98. The number of rotatable bonds is 5. The number of benzene rings is 1. The van der Waals surface area contributed by atoms with Gasteiger partial charge in [-0.15, -0.1) is 0 Å². The largest absolute Gasteiger partial charge is 0.300 e. The highest BCUT2D eigenvalue weighted by atomic mass is 32.2. The molecule has 2 rings (SSSR count). The molecule has 0 bridgehead atoms. The zero-order valence-electron chi connectivity index (χ0n) is 12.3. The number of hydrogen-bond acceptors (Lipinski definition) is 2. The van der Waals surface area contributed by atoms with Crippen LogP contribution in [0, 0.1) is 0 Å².